The highest BCUT2D eigenvalue weighted by Crippen LogP contribution is 2.18. The summed E-state index contributed by atoms with van der Waals surface area (Å²) in [5.41, 5.74) is 0. The van der Waals surface area contributed by atoms with Gasteiger partial charge in [-0.3, -0.25) is 0 Å². The first-order chi connectivity index (χ1) is 6.86. The fraction of sp³-hybridized carbons (Fsp3) is 1.00. The van der Waals surface area contributed by atoms with Crippen molar-refractivity contribution < 1.29 is 0 Å². The number of piperidine rings is 1. The molecule has 0 aromatic carbocycles. The predicted octanol–water partition coefficient (Wildman–Crippen LogP) is 3.08. The Morgan fingerprint density at radius 1 is 1.36 bits per heavy atom. The topological polar surface area (TPSA) is 3.24 Å². The van der Waals surface area contributed by atoms with Crippen LogP contribution in [0.15, 0.2) is 0 Å². The predicted molar refractivity (Wildman–Crippen MR) is 67.5 cm³/mol. The molecule has 3 heteroatoms. The molecule has 1 fully saturated rings. The maximum absolute atomic E-state index is 5.85. The first-order valence-electron chi connectivity index (χ1n) is 5.73. The zero-order valence-electron chi connectivity index (χ0n) is 9.17. The molecule has 1 aliphatic heterocycles. The number of alkyl halides is 1. The van der Waals surface area contributed by atoms with Gasteiger partial charge in [0.05, 0.1) is 0 Å². The molecule has 1 aliphatic rings. The molecule has 0 aromatic rings. The second kappa shape index (κ2) is 7.84. The average molecular weight is 236 g/mol. The van der Waals surface area contributed by atoms with Crippen LogP contribution in [0.4, 0.5) is 0 Å². The Morgan fingerprint density at radius 2 is 2.07 bits per heavy atom. The number of hydrogen-bond acceptors (Lipinski definition) is 2. The van der Waals surface area contributed by atoms with Gasteiger partial charge in [-0.2, -0.15) is 11.8 Å². The summed E-state index contributed by atoms with van der Waals surface area (Å²) in [7, 11) is 0. The first kappa shape index (κ1) is 12.7. The molecule has 1 rings (SSSR count). The lowest BCUT2D eigenvalue weighted by Crippen LogP contribution is -2.35. The van der Waals surface area contributed by atoms with Crippen molar-refractivity contribution in [1.29, 1.82) is 0 Å². The van der Waals surface area contributed by atoms with E-state index >= 15 is 0 Å². The van der Waals surface area contributed by atoms with Crippen molar-refractivity contribution in [2.45, 2.75) is 26.2 Å². The van der Waals surface area contributed by atoms with Crippen LogP contribution in [0, 0.1) is 5.92 Å². The molecule has 0 bridgehead atoms. The smallest absolute Gasteiger partial charge is 0.0252 e. The van der Waals surface area contributed by atoms with Crippen molar-refractivity contribution in [2.24, 2.45) is 5.92 Å². The minimum absolute atomic E-state index is 0.790. The van der Waals surface area contributed by atoms with Crippen molar-refractivity contribution in [3.8, 4) is 0 Å². The zero-order chi connectivity index (χ0) is 10.2. The van der Waals surface area contributed by atoms with Gasteiger partial charge in [-0.25, -0.2) is 0 Å². The molecule has 84 valence electrons. The van der Waals surface area contributed by atoms with E-state index in [-0.39, 0.29) is 0 Å². The summed E-state index contributed by atoms with van der Waals surface area (Å²) in [6.07, 6.45) is 3.97. The third kappa shape index (κ3) is 4.90. The number of halogens is 1. The highest BCUT2D eigenvalue weighted by atomic mass is 35.5. The van der Waals surface area contributed by atoms with Gasteiger partial charge in [0.25, 0.3) is 0 Å². The van der Waals surface area contributed by atoms with E-state index < -0.39 is 0 Å². The minimum atomic E-state index is 0.790. The number of likely N-dealkylation sites (tertiary alicyclic amines) is 1. The second-order valence-corrected chi connectivity index (χ2v) is 5.69. The van der Waals surface area contributed by atoms with Crippen molar-refractivity contribution in [3.63, 3.8) is 0 Å². The molecule has 14 heavy (non-hydrogen) atoms. The first-order valence-corrected chi connectivity index (χ1v) is 7.41. The van der Waals surface area contributed by atoms with Gasteiger partial charge in [-0.1, -0.05) is 6.92 Å². The lowest BCUT2D eigenvalue weighted by atomic mass is 9.99. The Labute approximate surface area is 97.6 Å². The number of thioether (sulfide) groups is 1. The van der Waals surface area contributed by atoms with Crippen molar-refractivity contribution in [3.05, 3.63) is 0 Å². The van der Waals surface area contributed by atoms with Crippen molar-refractivity contribution in [2.75, 3.05) is 37.0 Å². The van der Waals surface area contributed by atoms with E-state index in [0.29, 0.717) is 0 Å². The fourth-order valence-electron chi connectivity index (χ4n) is 1.90. The number of nitrogens with zero attached hydrogens (tertiary/aromatic N) is 1. The third-order valence-electron chi connectivity index (χ3n) is 2.89. The molecule has 0 atom stereocenters. The molecule has 0 aromatic heterocycles. The molecule has 0 aliphatic carbocycles. The van der Waals surface area contributed by atoms with E-state index in [2.05, 4.69) is 23.6 Å². The van der Waals surface area contributed by atoms with E-state index in [0.717, 1.165) is 11.8 Å². The minimum Gasteiger partial charge on any atom is -0.303 e. The Balaban J connectivity index is 1.98. The summed E-state index contributed by atoms with van der Waals surface area (Å²) in [6.45, 7) is 6.07. The normalized spacial score (nSPS) is 20.1. The molecular weight excluding hydrogens is 214 g/mol. The van der Waals surface area contributed by atoms with Gasteiger partial charge in [0, 0.05) is 5.88 Å². The third-order valence-corrected chi connectivity index (χ3v) is 4.31. The molecule has 0 radical (unpaired) electrons. The maximum Gasteiger partial charge on any atom is 0.0252 e. The molecule has 1 nitrogen and oxygen atoms in total. The standard InChI is InChI=1S/C11H22ClNS/c1-2-14-9-3-6-13-7-4-11(10-12)5-8-13/h11H,2-10H2,1H3. The maximum atomic E-state index is 5.85. The Hall–Kier alpha value is 0.600. The van der Waals surface area contributed by atoms with E-state index in [1.807, 2.05) is 0 Å². The molecule has 0 saturated carbocycles. The molecule has 0 unspecified atom stereocenters. The Morgan fingerprint density at radius 3 is 2.64 bits per heavy atom. The number of hydrogen-bond donors (Lipinski definition) is 0. The summed E-state index contributed by atoms with van der Waals surface area (Å²) in [4.78, 5) is 2.60. The van der Waals surface area contributed by atoms with Gasteiger partial charge in [-0.05, 0) is 56.3 Å². The van der Waals surface area contributed by atoms with Crippen molar-refractivity contribution in [1.82, 2.24) is 4.90 Å². The van der Waals surface area contributed by atoms with Crippen LogP contribution >= 0.6 is 23.4 Å². The molecule has 1 heterocycles. The lowest BCUT2D eigenvalue weighted by Gasteiger charge is -2.30. The van der Waals surface area contributed by atoms with Gasteiger partial charge < -0.3 is 4.90 Å². The summed E-state index contributed by atoms with van der Waals surface area (Å²) in [6, 6.07) is 0. The summed E-state index contributed by atoms with van der Waals surface area (Å²) >= 11 is 7.91. The lowest BCUT2D eigenvalue weighted by molar-refractivity contribution is 0.194. The molecular formula is C11H22ClNS. The van der Waals surface area contributed by atoms with Crippen LogP contribution in [0.3, 0.4) is 0 Å². The Kier molecular flexibility index (Phi) is 7.09. The highest BCUT2D eigenvalue weighted by molar-refractivity contribution is 7.99. The average Bonchev–Trinajstić information content (AvgIpc) is 2.25. The zero-order valence-corrected chi connectivity index (χ0v) is 10.7. The van der Waals surface area contributed by atoms with Crippen LogP contribution in [0.5, 0.6) is 0 Å². The largest absolute Gasteiger partial charge is 0.303 e. The van der Waals surface area contributed by atoms with Crippen LogP contribution in [-0.4, -0.2) is 41.9 Å². The van der Waals surface area contributed by atoms with Gasteiger partial charge in [-0.15, -0.1) is 11.6 Å². The molecule has 1 saturated heterocycles. The SMILES string of the molecule is CCSCCCN1CCC(CCl)CC1. The molecule has 0 N–H and O–H groups in total. The van der Waals surface area contributed by atoms with Crippen LogP contribution < -0.4 is 0 Å². The second-order valence-electron chi connectivity index (χ2n) is 3.99. The summed E-state index contributed by atoms with van der Waals surface area (Å²) in [5, 5.41) is 0. The van der Waals surface area contributed by atoms with Gasteiger partial charge in [0.1, 0.15) is 0 Å². The van der Waals surface area contributed by atoms with Crippen LogP contribution in [-0.2, 0) is 0 Å². The molecule has 0 spiro atoms. The highest BCUT2D eigenvalue weighted by Gasteiger charge is 2.17. The van der Waals surface area contributed by atoms with Gasteiger partial charge in [0.2, 0.25) is 0 Å². The monoisotopic (exact) mass is 235 g/mol. The van der Waals surface area contributed by atoms with Crippen LogP contribution in [0.2, 0.25) is 0 Å². The van der Waals surface area contributed by atoms with E-state index in [1.54, 1.807) is 0 Å². The van der Waals surface area contributed by atoms with E-state index in [1.165, 1.54) is 50.4 Å². The number of rotatable bonds is 6. The van der Waals surface area contributed by atoms with Crippen molar-refractivity contribution >= 4 is 23.4 Å². The summed E-state index contributed by atoms with van der Waals surface area (Å²) < 4.78 is 0. The van der Waals surface area contributed by atoms with Crippen LogP contribution in [0.25, 0.3) is 0 Å². The quantitative estimate of drug-likeness (QED) is 0.514. The fourth-order valence-corrected chi connectivity index (χ4v) is 2.83. The van der Waals surface area contributed by atoms with E-state index in [4.69, 9.17) is 11.6 Å². The Bertz CT molecular complexity index is 135. The van der Waals surface area contributed by atoms with Gasteiger partial charge in [0.15, 0.2) is 0 Å². The molecule has 0 amide bonds. The van der Waals surface area contributed by atoms with Crippen LogP contribution in [0.1, 0.15) is 26.2 Å². The van der Waals surface area contributed by atoms with E-state index in [9.17, 15) is 0 Å². The van der Waals surface area contributed by atoms with Gasteiger partial charge >= 0.3 is 0 Å². The summed E-state index contributed by atoms with van der Waals surface area (Å²) in [5.74, 6) is 4.23.